The molecule has 1 amide bonds. The Kier molecular flexibility index (Phi) is 5.58. The molecule has 5 nitrogen and oxygen atoms in total. The highest BCUT2D eigenvalue weighted by molar-refractivity contribution is 5.78. The van der Waals surface area contributed by atoms with Crippen molar-refractivity contribution in [1.29, 1.82) is 0 Å². The Morgan fingerprint density at radius 2 is 1.85 bits per heavy atom. The number of carbonyl (C=O) groups excluding carboxylic acids is 1. The zero-order valence-corrected chi connectivity index (χ0v) is 13.8. The van der Waals surface area contributed by atoms with Gasteiger partial charge >= 0.3 is 6.61 Å². The van der Waals surface area contributed by atoms with E-state index in [0.717, 1.165) is 11.3 Å². The fourth-order valence-electron chi connectivity index (χ4n) is 2.48. The quantitative estimate of drug-likeness (QED) is 0.706. The Morgan fingerprint density at radius 1 is 1.12 bits per heavy atom. The molecule has 26 heavy (non-hydrogen) atoms. The van der Waals surface area contributed by atoms with Gasteiger partial charge in [-0.25, -0.2) is 4.68 Å². The molecule has 0 atom stereocenters. The molecule has 0 bridgehead atoms. The number of hydrogen-bond acceptors (Lipinski definition) is 3. The third-order valence-electron chi connectivity index (χ3n) is 3.69. The summed E-state index contributed by atoms with van der Waals surface area (Å²) in [4.78, 5) is 12.1. The maximum atomic E-state index is 12.4. The number of rotatable bonds is 7. The lowest BCUT2D eigenvalue weighted by atomic mass is 10.2. The molecule has 0 unspecified atom stereocenters. The Bertz CT molecular complexity index is 866. The Balaban J connectivity index is 1.58. The van der Waals surface area contributed by atoms with Crippen LogP contribution < -0.4 is 10.1 Å². The molecule has 3 rings (SSSR count). The number of nitrogens with zero attached hydrogens (tertiary/aromatic N) is 2. The number of carbonyl (C=O) groups is 1. The molecule has 134 valence electrons. The zero-order chi connectivity index (χ0) is 18.4. The normalized spacial score (nSPS) is 10.7. The average Bonchev–Trinajstić information content (AvgIpc) is 3.10. The average molecular weight is 357 g/mol. The van der Waals surface area contributed by atoms with Crippen molar-refractivity contribution >= 4 is 5.91 Å². The molecule has 0 aliphatic heterocycles. The van der Waals surface area contributed by atoms with Crippen LogP contribution in [-0.2, 0) is 17.8 Å². The van der Waals surface area contributed by atoms with Crippen LogP contribution in [0.4, 0.5) is 8.78 Å². The molecular formula is C19H17F2N3O2. The van der Waals surface area contributed by atoms with Gasteiger partial charge in [-0.2, -0.15) is 13.9 Å². The van der Waals surface area contributed by atoms with Crippen LogP contribution in [0.15, 0.2) is 67.0 Å². The summed E-state index contributed by atoms with van der Waals surface area (Å²) in [6.45, 7) is -2.80. The predicted octanol–water partition coefficient (Wildman–Crippen LogP) is 3.33. The molecule has 1 N–H and O–H groups in total. The van der Waals surface area contributed by atoms with Crippen molar-refractivity contribution in [1.82, 2.24) is 15.1 Å². The number of aromatic nitrogens is 2. The second-order valence-electron chi connectivity index (χ2n) is 5.57. The number of amides is 1. The third-order valence-corrected chi connectivity index (χ3v) is 3.69. The van der Waals surface area contributed by atoms with E-state index in [0.29, 0.717) is 5.56 Å². The lowest BCUT2D eigenvalue weighted by Crippen LogP contribution is -2.24. The van der Waals surface area contributed by atoms with E-state index in [-0.39, 0.29) is 24.6 Å². The van der Waals surface area contributed by atoms with E-state index in [1.54, 1.807) is 35.3 Å². The molecule has 0 saturated heterocycles. The van der Waals surface area contributed by atoms with Crippen LogP contribution in [0.2, 0.25) is 0 Å². The maximum absolute atomic E-state index is 12.4. The van der Waals surface area contributed by atoms with Crippen LogP contribution in [-0.4, -0.2) is 22.3 Å². The van der Waals surface area contributed by atoms with Crippen LogP contribution in [0.25, 0.3) is 5.69 Å². The van der Waals surface area contributed by atoms with E-state index in [1.165, 1.54) is 6.07 Å². The van der Waals surface area contributed by atoms with Crippen molar-refractivity contribution in [3.8, 4) is 11.4 Å². The second-order valence-corrected chi connectivity index (χ2v) is 5.57. The highest BCUT2D eigenvalue weighted by Gasteiger charge is 2.11. The number of benzene rings is 2. The molecule has 3 aromatic rings. The van der Waals surface area contributed by atoms with Gasteiger partial charge in [-0.3, -0.25) is 4.79 Å². The fourth-order valence-corrected chi connectivity index (χ4v) is 2.48. The second kappa shape index (κ2) is 8.24. The minimum atomic E-state index is -2.91. The summed E-state index contributed by atoms with van der Waals surface area (Å²) >= 11 is 0. The molecule has 0 radical (unpaired) electrons. The predicted molar refractivity (Wildman–Crippen MR) is 92.2 cm³/mol. The van der Waals surface area contributed by atoms with Crippen molar-refractivity contribution < 1.29 is 18.3 Å². The number of halogens is 2. The van der Waals surface area contributed by atoms with Crippen molar-refractivity contribution in [2.24, 2.45) is 0 Å². The smallest absolute Gasteiger partial charge is 0.387 e. The lowest BCUT2D eigenvalue weighted by Gasteiger charge is -2.11. The van der Waals surface area contributed by atoms with Gasteiger partial charge in [0.1, 0.15) is 5.75 Å². The Morgan fingerprint density at radius 3 is 2.62 bits per heavy atom. The van der Waals surface area contributed by atoms with Crippen molar-refractivity contribution in [3.05, 3.63) is 78.1 Å². The highest BCUT2D eigenvalue weighted by Crippen LogP contribution is 2.20. The first kappa shape index (κ1) is 17.6. The zero-order valence-electron chi connectivity index (χ0n) is 13.8. The van der Waals surface area contributed by atoms with E-state index >= 15 is 0 Å². The van der Waals surface area contributed by atoms with Gasteiger partial charge in [-0.05, 0) is 23.8 Å². The molecule has 1 aromatic heterocycles. The van der Waals surface area contributed by atoms with E-state index < -0.39 is 6.61 Å². The van der Waals surface area contributed by atoms with Crippen molar-refractivity contribution in [2.45, 2.75) is 19.6 Å². The topological polar surface area (TPSA) is 56.2 Å². The summed E-state index contributed by atoms with van der Waals surface area (Å²) in [5.41, 5.74) is 2.14. The maximum Gasteiger partial charge on any atom is 0.387 e. The minimum Gasteiger partial charge on any atom is -0.434 e. The number of ether oxygens (including phenoxy) is 1. The monoisotopic (exact) mass is 357 g/mol. The van der Waals surface area contributed by atoms with Crippen LogP contribution in [0.5, 0.6) is 5.75 Å². The number of alkyl halides is 2. The van der Waals surface area contributed by atoms with Crippen LogP contribution in [0.1, 0.15) is 11.1 Å². The molecule has 0 aliphatic carbocycles. The van der Waals surface area contributed by atoms with E-state index in [2.05, 4.69) is 15.2 Å². The molecular weight excluding hydrogens is 340 g/mol. The van der Waals surface area contributed by atoms with Crippen LogP contribution >= 0.6 is 0 Å². The summed E-state index contributed by atoms with van der Waals surface area (Å²) in [5.74, 6) is -0.177. The van der Waals surface area contributed by atoms with Gasteiger partial charge in [0, 0.05) is 18.3 Å². The first-order chi connectivity index (χ1) is 12.6. The summed E-state index contributed by atoms with van der Waals surface area (Å²) in [6.07, 6.45) is 3.55. The van der Waals surface area contributed by atoms with Crippen LogP contribution in [0.3, 0.4) is 0 Å². The standard InChI is InChI=1S/C19H17F2N3O2/c20-19(21)26-17-9-5-4-6-15(17)12-22-18(25)10-14-11-23-24(13-14)16-7-2-1-3-8-16/h1-9,11,13,19H,10,12H2,(H,22,25). The van der Waals surface area contributed by atoms with Gasteiger partial charge in [0.25, 0.3) is 0 Å². The first-order valence-electron chi connectivity index (χ1n) is 8.00. The van der Waals surface area contributed by atoms with E-state index in [9.17, 15) is 13.6 Å². The number of para-hydroxylation sites is 2. The summed E-state index contributed by atoms with van der Waals surface area (Å²) in [5, 5.41) is 6.95. The summed E-state index contributed by atoms with van der Waals surface area (Å²) in [6, 6.07) is 15.9. The molecule has 7 heteroatoms. The molecule has 2 aromatic carbocycles. The summed E-state index contributed by atoms with van der Waals surface area (Å²) < 4.78 is 31.0. The molecule has 0 saturated carbocycles. The highest BCUT2D eigenvalue weighted by atomic mass is 19.3. The Labute approximate surface area is 149 Å². The summed E-state index contributed by atoms with van der Waals surface area (Å²) in [7, 11) is 0. The largest absolute Gasteiger partial charge is 0.434 e. The third kappa shape index (κ3) is 4.66. The van der Waals surface area contributed by atoms with Gasteiger partial charge in [0.2, 0.25) is 5.91 Å². The van der Waals surface area contributed by atoms with Crippen molar-refractivity contribution in [3.63, 3.8) is 0 Å². The fraction of sp³-hybridized carbons (Fsp3) is 0.158. The van der Waals surface area contributed by atoms with Crippen molar-refractivity contribution in [2.75, 3.05) is 0 Å². The molecule has 0 fully saturated rings. The van der Waals surface area contributed by atoms with Gasteiger partial charge < -0.3 is 10.1 Å². The van der Waals surface area contributed by atoms with Gasteiger partial charge in [0.05, 0.1) is 18.3 Å². The van der Waals surface area contributed by atoms with Gasteiger partial charge in [-0.15, -0.1) is 0 Å². The minimum absolute atomic E-state index is 0.0553. The van der Waals surface area contributed by atoms with Gasteiger partial charge in [-0.1, -0.05) is 36.4 Å². The lowest BCUT2D eigenvalue weighted by molar-refractivity contribution is -0.120. The van der Waals surface area contributed by atoms with E-state index in [1.807, 2.05) is 30.3 Å². The number of hydrogen-bond donors (Lipinski definition) is 1. The van der Waals surface area contributed by atoms with Crippen LogP contribution in [0, 0.1) is 0 Å². The molecule has 0 aliphatic rings. The SMILES string of the molecule is O=C(Cc1cnn(-c2ccccc2)c1)NCc1ccccc1OC(F)F. The van der Waals surface area contributed by atoms with Gasteiger partial charge in [0.15, 0.2) is 0 Å². The first-order valence-corrected chi connectivity index (χ1v) is 8.00. The van der Waals surface area contributed by atoms with E-state index in [4.69, 9.17) is 0 Å². The Hall–Kier alpha value is -3.22. The molecule has 0 spiro atoms. The molecule has 1 heterocycles. The number of nitrogens with one attached hydrogen (secondary N) is 1.